The van der Waals surface area contributed by atoms with Gasteiger partial charge in [0.2, 0.25) is 0 Å². The molecule has 2 fully saturated rings. The molecule has 2 saturated heterocycles. The SMILES string of the molecule is CC(=O)O[C@H]1[C@H](OCCc2ccc(O)c(O)c2)O[C@H](CO)[C@@H](OC(=O)C=Cc2ccc(O)c(O)c2)[C@@H]1O[C@@H]1OC[C@@H](O)[C@H](O)[C@H]1O. The summed E-state index contributed by atoms with van der Waals surface area (Å²) in [5.41, 5.74) is 0.881. The number of aliphatic hydroxyl groups is 4. The summed E-state index contributed by atoms with van der Waals surface area (Å²) in [6.45, 7) is -0.229. The highest BCUT2D eigenvalue weighted by Crippen LogP contribution is 2.33. The van der Waals surface area contributed by atoms with Crippen LogP contribution in [0.25, 0.3) is 6.08 Å². The second kappa shape index (κ2) is 15.5. The van der Waals surface area contributed by atoms with Gasteiger partial charge in [0.05, 0.1) is 19.8 Å². The number of ether oxygens (including phenoxy) is 6. The first kappa shape index (κ1) is 34.9. The van der Waals surface area contributed by atoms with E-state index in [1.165, 1.54) is 42.5 Å². The van der Waals surface area contributed by atoms with Crippen molar-refractivity contribution in [1.82, 2.24) is 0 Å². The lowest BCUT2D eigenvalue weighted by Crippen LogP contribution is -2.65. The van der Waals surface area contributed by atoms with Gasteiger partial charge in [-0.3, -0.25) is 4.79 Å². The molecule has 0 spiro atoms. The number of phenols is 4. The van der Waals surface area contributed by atoms with Crippen LogP contribution < -0.4 is 0 Å². The third-order valence-electron chi connectivity index (χ3n) is 7.19. The van der Waals surface area contributed by atoms with Gasteiger partial charge in [-0.15, -0.1) is 0 Å². The van der Waals surface area contributed by atoms with Crippen molar-refractivity contribution >= 4 is 18.0 Å². The van der Waals surface area contributed by atoms with Gasteiger partial charge >= 0.3 is 11.9 Å². The fourth-order valence-electron chi connectivity index (χ4n) is 4.83. The molecular weight excluding hydrogens is 616 g/mol. The van der Waals surface area contributed by atoms with E-state index < -0.39 is 86.2 Å². The zero-order valence-electron chi connectivity index (χ0n) is 24.5. The monoisotopic (exact) mass is 652 g/mol. The molecule has 0 amide bonds. The fourth-order valence-corrected chi connectivity index (χ4v) is 4.83. The van der Waals surface area contributed by atoms with Crippen LogP contribution in [0.4, 0.5) is 0 Å². The van der Waals surface area contributed by atoms with Gasteiger partial charge in [0.25, 0.3) is 0 Å². The van der Waals surface area contributed by atoms with E-state index in [9.17, 15) is 50.4 Å². The normalized spacial score (nSPS) is 29.8. The minimum absolute atomic E-state index is 0.0996. The first-order valence-corrected chi connectivity index (χ1v) is 14.2. The standard InChI is InChI=1S/C30H36O16/c1-14(32)43-28-27(46-29-25(40)24(39)21(37)13-42-29)26(45-23(38)7-4-15-2-5-17(33)19(35)10-15)22(12-31)44-30(28)41-9-8-16-3-6-18(34)20(36)11-16/h2-7,10-11,21-22,24-31,33-37,39-40H,8-9,12-13H2,1H3/t21-,22-,24+,25-,26-,27+,28-,29+,30-/m1/s1. The van der Waals surface area contributed by atoms with E-state index in [-0.39, 0.29) is 30.3 Å². The number of carbonyl (C=O) groups excluding carboxylic acids is 2. The van der Waals surface area contributed by atoms with Gasteiger partial charge in [-0.2, -0.15) is 0 Å². The van der Waals surface area contributed by atoms with Crippen LogP contribution in [0.3, 0.4) is 0 Å². The molecule has 0 saturated carbocycles. The van der Waals surface area contributed by atoms with Crippen LogP contribution in [0, 0.1) is 0 Å². The second-order valence-corrected chi connectivity index (χ2v) is 10.6. The number of rotatable bonds is 11. The van der Waals surface area contributed by atoms with Crippen LogP contribution in [0.1, 0.15) is 18.1 Å². The van der Waals surface area contributed by atoms with Gasteiger partial charge in [-0.05, 0) is 47.9 Å². The predicted octanol–water partition coefficient (Wildman–Crippen LogP) is -0.834. The van der Waals surface area contributed by atoms with Gasteiger partial charge in [0.1, 0.15) is 30.5 Å². The summed E-state index contributed by atoms with van der Waals surface area (Å²) in [6.07, 6.45) is -11.5. The molecule has 2 heterocycles. The van der Waals surface area contributed by atoms with Crippen LogP contribution in [0.2, 0.25) is 0 Å². The first-order chi connectivity index (χ1) is 21.9. The number of aromatic hydroxyl groups is 4. The van der Waals surface area contributed by atoms with E-state index in [2.05, 4.69) is 0 Å². The molecule has 9 atom stereocenters. The molecule has 0 unspecified atom stereocenters. The smallest absolute Gasteiger partial charge is 0.331 e. The van der Waals surface area contributed by atoms with Crippen molar-refractivity contribution in [2.24, 2.45) is 0 Å². The maximum absolute atomic E-state index is 12.9. The molecule has 2 aliphatic rings. The molecule has 16 nitrogen and oxygen atoms in total. The van der Waals surface area contributed by atoms with Gasteiger partial charge in [0, 0.05) is 13.0 Å². The Morgan fingerprint density at radius 3 is 2.22 bits per heavy atom. The van der Waals surface area contributed by atoms with E-state index >= 15 is 0 Å². The minimum atomic E-state index is -1.79. The highest BCUT2D eigenvalue weighted by Gasteiger charge is 2.53. The summed E-state index contributed by atoms with van der Waals surface area (Å²) in [5.74, 6) is -3.30. The summed E-state index contributed by atoms with van der Waals surface area (Å²) >= 11 is 0. The highest BCUT2D eigenvalue weighted by molar-refractivity contribution is 5.87. The molecule has 4 rings (SSSR count). The van der Waals surface area contributed by atoms with Crippen molar-refractivity contribution in [3.05, 3.63) is 53.6 Å². The summed E-state index contributed by atoms with van der Waals surface area (Å²) in [7, 11) is 0. The Hall–Kier alpha value is -4.00. The van der Waals surface area contributed by atoms with Crippen LogP contribution in [0.5, 0.6) is 23.0 Å². The van der Waals surface area contributed by atoms with Gasteiger partial charge in [0.15, 0.2) is 47.8 Å². The number of carbonyl (C=O) groups is 2. The Morgan fingerprint density at radius 2 is 1.57 bits per heavy atom. The molecule has 2 aliphatic heterocycles. The molecule has 0 aromatic heterocycles. The van der Waals surface area contributed by atoms with Crippen LogP contribution in [-0.4, -0.2) is 128 Å². The Kier molecular flexibility index (Phi) is 11.8. The second-order valence-electron chi connectivity index (χ2n) is 10.6. The number of benzene rings is 2. The lowest BCUT2D eigenvalue weighted by molar-refractivity contribution is -0.350. The van der Waals surface area contributed by atoms with E-state index in [0.29, 0.717) is 11.1 Å². The van der Waals surface area contributed by atoms with Crippen molar-refractivity contribution in [1.29, 1.82) is 0 Å². The third-order valence-corrected chi connectivity index (χ3v) is 7.19. The highest BCUT2D eigenvalue weighted by atomic mass is 16.8. The number of aliphatic hydroxyl groups excluding tert-OH is 4. The largest absolute Gasteiger partial charge is 0.504 e. The Bertz CT molecular complexity index is 1380. The fraction of sp³-hybridized carbons (Fsp3) is 0.467. The molecule has 0 bridgehead atoms. The molecule has 46 heavy (non-hydrogen) atoms. The summed E-state index contributed by atoms with van der Waals surface area (Å²) in [5, 5.41) is 79.4. The number of phenolic OH excluding ortho intramolecular Hbond substituents is 4. The van der Waals surface area contributed by atoms with E-state index in [4.69, 9.17) is 28.4 Å². The van der Waals surface area contributed by atoms with E-state index in [1.54, 1.807) is 0 Å². The van der Waals surface area contributed by atoms with Crippen LogP contribution in [0.15, 0.2) is 42.5 Å². The average Bonchev–Trinajstić information content (AvgIpc) is 3.01. The number of esters is 2. The predicted molar refractivity (Wildman–Crippen MR) is 152 cm³/mol. The molecule has 0 radical (unpaired) electrons. The maximum atomic E-state index is 12.9. The van der Waals surface area contributed by atoms with Gasteiger partial charge < -0.3 is 69.3 Å². The zero-order chi connectivity index (χ0) is 33.5. The molecule has 16 heteroatoms. The minimum Gasteiger partial charge on any atom is -0.504 e. The molecule has 0 aliphatic carbocycles. The summed E-state index contributed by atoms with van der Waals surface area (Å²) in [4.78, 5) is 25.2. The Labute approximate surface area is 262 Å². The molecular formula is C30H36O16. The molecule has 2 aromatic carbocycles. The quantitative estimate of drug-likeness (QED) is 0.0837. The zero-order valence-corrected chi connectivity index (χ0v) is 24.5. The van der Waals surface area contributed by atoms with Crippen molar-refractivity contribution in [3.8, 4) is 23.0 Å². The van der Waals surface area contributed by atoms with Gasteiger partial charge in [-0.25, -0.2) is 4.79 Å². The van der Waals surface area contributed by atoms with Crippen LogP contribution in [-0.2, 0) is 44.4 Å². The molecule has 252 valence electrons. The number of hydrogen-bond donors (Lipinski definition) is 8. The molecule has 2 aromatic rings. The summed E-state index contributed by atoms with van der Waals surface area (Å²) in [6, 6.07) is 7.94. The van der Waals surface area contributed by atoms with Crippen molar-refractivity contribution in [2.75, 3.05) is 19.8 Å². The van der Waals surface area contributed by atoms with Crippen molar-refractivity contribution < 1.29 is 78.9 Å². The Balaban J connectivity index is 1.59. The van der Waals surface area contributed by atoms with Gasteiger partial charge in [-0.1, -0.05) is 12.1 Å². The van der Waals surface area contributed by atoms with E-state index in [0.717, 1.165) is 13.0 Å². The lowest BCUT2D eigenvalue weighted by Gasteiger charge is -2.46. The first-order valence-electron chi connectivity index (χ1n) is 14.2. The van der Waals surface area contributed by atoms with Crippen LogP contribution >= 0.6 is 0 Å². The Morgan fingerprint density at radius 1 is 0.870 bits per heavy atom. The average molecular weight is 653 g/mol. The van der Waals surface area contributed by atoms with Crippen molar-refractivity contribution in [2.45, 2.75) is 68.7 Å². The molecule has 8 N–H and O–H groups in total. The van der Waals surface area contributed by atoms with E-state index in [1.807, 2.05) is 0 Å². The number of hydrogen-bond acceptors (Lipinski definition) is 16. The lowest BCUT2D eigenvalue weighted by atomic mass is 9.97. The summed E-state index contributed by atoms with van der Waals surface area (Å²) < 4.78 is 34.0. The maximum Gasteiger partial charge on any atom is 0.331 e. The third kappa shape index (κ3) is 8.62. The topological polar surface area (TPSA) is 251 Å². The van der Waals surface area contributed by atoms with Crippen molar-refractivity contribution in [3.63, 3.8) is 0 Å².